The molecule has 1 aromatic carbocycles. The molecular formula is C15H16N2OS. The molecule has 0 aliphatic carbocycles. The molecule has 2 rings (SSSR count). The molecule has 0 bridgehead atoms. The Morgan fingerprint density at radius 2 is 2.00 bits per heavy atom. The van der Waals surface area contributed by atoms with E-state index in [0.717, 1.165) is 28.0 Å². The highest BCUT2D eigenvalue weighted by atomic mass is 32.1. The smallest absolute Gasteiger partial charge is 0.125 e. The molecular weight excluding hydrogens is 256 g/mol. The molecule has 0 aliphatic heterocycles. The van der Waals surface area contributed by atoms with Gasteiger partial charge in [-0.05, 0) is 43.2 Å². The summed E-state index contributed by atoms with van der Waals surface area (Å²) in [6.45, 7) is 4.49. The molecule has 0 aliphatic rings. The number of nitrogens with two attached hydrogens (primary N) is 1. The van der Waals surface area contributed by atoms with Gasteiger partial charge in [-0.1, -0.05) is 18.3 Å². The fraction of sp³-hybridized carbons (Fsp3) is 0.200. The van der Waals surface area contributed by atoms with Crippen LogP contribution in [0.25, 0.3) is 0 Å². The molecule has 0 saturated heterocycles. The highest BCUT2D eigenvalue weighted by molar-refractivity contribution is 7.80. The van der Waals surface area contributed by atoms with E-state index in [1.54, 1.807) is 12.4 Å². The molecule has 0 amide bonds. The summed E-state index contributed by atoms with van der Waals surface area (Å²) in [5, 5.41) is 0. The summed E-state index contributed by atoms with van der Waals surface area (Å²) in [6, 6.07) is 7.79. The normalized spacial score (nSPS) is 10.2. The highest BCUT2D eigenvalue weighted by Gasteiger charge is 2.08. The van der Waals surface area contributed by atoms with Crippen LogP contribution in [0, 0.1) is 13.8 Å². The third-order valence-corrected chi connectivity index (χ3v) is 3.09. The van der Waals surface area contributed by atoms with Gasteiger partial charge in [-0.3, -0.25) is 4.98 Å². The van der Waals surface area contributed by atoms with Crippen molar-refractivity contribution >= 4 is 17.2 Å². The maximum Gasteiger partial charge on any atom is 0.125 e. The number of hydrogen-bond acceptors (Lipinski definition) is 3. The largest absolute Gasteiger partial charge is 0.488 e. The fourth-order valence-corrected chi connectivity index (χ4v) is 2.08. The van der Waals surface area contributed by atoms with Crippen LogP contribution in [0.2, 0.25) is 0 Å². The zero-order chi connectivity index (χ0) is 13.8. The van der Waals surface area contributed by atoms with Gasteiger partial charge in [-0.15, -0.1) is 0 Å². The Morgan fingerprint density at radius 3 is 2.53 bits per heavy atom. The van der Waals surface area contributed by atoms with Crippen LogP contribution in [-0.2, 0) is 6.61 Å². The van der Waals surface area contributed by atoms with Gasteiger partial charge < -0.3 is 10.5 Å². The van der Waals surface area contributed by atoms with Crippen LogP contribution in [0.1, 0.15) is 22.3 Å². The van der Waals surface area contributed by atoms with E-state index >= 15 is 0 Å². The molecule has 2 aromatic rings. The molecule has 0 atom stereocenters. The van der Waals surface area contributed by atoms with Crippen molar-refractivity contribution in [1.29, 1.82) is 0 Å². The monoisotopic (exact) mass is 272 g/mol. The second kappa shape index (κ2) is 5.80. The van der Waals surface area contributed by atoms with E-state index in [9.17, 15) is 0 Å². The third-order valence-electron chi connectivity index (χ3n) is 2.85. The Morgan fingerprint density at radius 1 is 1.32 bits per heavy atom. The minimum Gasteiger partial charge on any atom is -0.488 e. The molecule has 98 valence electrons. The van der Waals surface area contributed by atoms with Crippen LogP contribution in [0.5, 0.6) is 5.75 Å². The van der Waals surface area contributed by atoms with Gasteiger partial charge in [-0.25, -0.2) is 0 Å². The average Bonchev–Trinajstić information content (AvgIpc) is 2.38. The van der Waals surface area contributed by atoms with E-state index in [1.807, 2.05) is 38.1 Å². The van der Waals surface area contributed by atoms with E-state index in [4.69, 9.17) is 22.7 Å². The predicted octanol–water partition coefficient (Wildman–Crippen LogP) is 2.91. The van der Waals surface area contributed by atoms with Crippen LogP contribution in [0.3, 0.4) is 0 Å². The zero-order valence-corrected chi connectivity index (χ0v) is 11.8. The van der Waals surface area contributed by atoms with Crippen molar-refractivity contribution in [2.24, 2.45) is 5.73 Å². The first-order chi connectivity index (χ1) is 9.08. The van der Waals surface area contributed by atoms with Gasteiger partial charge in [0.25, 0.3) is 0 Å². The maximum atomic E-state index is 5.86. The highest BCUT2D eigenvalue weighted by Crippen LogP contribution is 2.25. The number of ether oxygens (including phenoxy) is 1. The Bertz CT molecular complexity index is 573. The summed E-state index contributed by atoms with van der Waals surface area (Å²) >= 11 is 4.99. The number of nitrogens with zero attached hydrogens (tertiary/aromatic N) is 1. The Kier molecular flexibility index (Phi) is 4.12. The minimum atomic E-state index is 0.407. The Hall–Kier alpha value is -1.94. The minimum absolute atomic E-state index is 0.407. The maximum absolute atomic E-state index is 5.86. The van der Waals surface area contributed by atoms with Crippen LogP contribution in [-0.4, -0.2) is 9.97 Å². The van der Waals surface area contributed by atoms with Gasteiger partial charge in [0.15, 0.2) is 0 Å². The molecule has 1 aromatic heterocycles. The first-order valence-corrected chi connectivity index (χ1v) is 6.41. The second-order valence-electron chi connectivity index (χ2n) is 4.45. The summed E-state index contributed by atoms with van der Waals surface area (Å²) in [7, 11) is 0. The molecule has 1 heterocycles. The predicted molar refractivity (Wildman–Crippen MR) is 80.4 cm³/mol. The van der Waals surface area contributed by atoms with Gasteiger partial charge in [0.05, 0.1) is 0 Å². The van der Waals surface area contributed by atoms with Crippen molar-refractivity contribution in [3.8, 4) is 5.75 Å². The van der Waals surface area contributed by atoms with Gasteiger partial charge in [-0.2, -0.15) is 0 Å². The molecule has 0 unspecified atom stereocenters. The van der Waals surface area contributed by atoms with E-state index in [1.165, 1.54) is 0 Å². The molecule has 3 nitrogen and oxygen atoms in total. The lowest BCUT2D eigenvalue weighted by Crippen LogP contribution is -2.10. The molecule has 0 radical (unpaired) electrons. The topological polar surface area (TPSA) is 48.1 Å². The van der Waals surface area contributed by atoms with Crippen molar-refractivity contribution in [3.63, 3.8) is 0 Å². The van der Waals surface area contributed by atoms with E-state index in [2.05, 4.69) is 4.98 Å². The summed E-state index contributed by atoms with van der Waals surface area (Å²) in [5.74, 6) is 0.879. The van der Waals surface area contributed by atoms with Crippen LogP contribution < -0.4 is 10.5 Å². The number of thiocarbonyl (C=S) groups is 1. The Balaban J connectivity index is 2.19. The first kappa shape index (κ1) is 13.5. The number of rotatable bonds is 4. The number of aryl methyl sites for hydroxylation is 2. The Labute approximate surface area is 118 Å². The van der Waals surface area contributed by atoms with E-state index in [-0.39, 0.29) is 0 Å². The molecule has 2 N–H and O–H groups in total. The quantitative estimate of drug-likeness (QED) is 0.869. The second-order valence-corrected chi connectivity index (χ2v) is 4.89. The number of hydrogen-bond donors (Lipinski definition) is 1. The van der Waals surface area contributed by atoms with Crippen molar-refractivity contribution in [2.45, 2.75) is 20.5 Å². The van der Waals surface area contributed by atoms with Crippen molar-refractivity contribution in [3.05, 3.63) is 58.9 Å². The molecule has 4 heteroatoms. The number of aromatic nitrogens is 1. The first-order valence-electron chi connectivity index (χ1n) is 6.00. The molecule has 19 heavy (non-hydrogen) atoms. The lowest BCUT2D eigenvalue weighted by Gasteiger charge is -2.13. The zero-order valence-electron chi connectivity index (χ0n) is 11.0. The summed E-state index contributed by atoms with van der Waals surface area (Å²) < 4.78 is 5.86. The van der Waals surface area contributed by atoms with Crippen molar-refractivity contribution in [1.82, 2.24) is 4.98 Å². The van der Waals surface area contributed by atoms with Crippen LogP contribution in [0.4, 0.5) is 0 Å². The van der Waals surface area contributed by atoms with Gasteiger partial charge >= 0.3 is 0 Å². The molecule has 0 spiro atoms. The van der Waals surface area contributed by atoms with Crippen LogP contribution >= 0.6 is 12.2 Å². The lowest BCUT2D eigenvalue weighted by molar-refractivity contribution is 0.301. The average molecular weight is 272 g/mol. The van der Waals surface area contributed by atoms with Gasteiger partial charge in [0.1, 0.15) is 17.3 Å². The molecule has 0 saturated carbocycles. The molecule has 0 fully saturated rings. The summed E-state index contributed by atoms with van der Waals surface area (Å²) in [6.07, 6.45) is 3.55. The SMILES string of the molecule is Cc1cc(C(N)=S)cc(C)c1OCc1cccnc1. The van der Waals surface area contributed by atoms with Crippen LogP contribution in [0.15, 0.2) is 36.7 Å². The summed E-state index contributed by atoms with van der Waals surface area (Å²) in [4.78, 5) is 4.47. The third kappa shape index (κ3) is 3.29. The number of pyridine rings is 1. The van der Waals surface area contributed by atoms with E-state index < -0.39 is 0 Å². The van der Waals surface area contributed by atoms with Crippen molar-refractivity contribution in [2.75, 3.05) is 0 Å². The fourth-order valence-electron chi connectivity index (χ4n) is 1.96. The van der Waals surface area contributed by atoms with Crippen molar-refractivity contribution < 1.29 is 4.74 Å². The standard InChI is InChI=1S/C15H16N2OS/c1-10-6-13(15(16)19)7-11(2)14(10)18-9-12-4-3-5-17-8-12/h3-8H,9H2,1-2H3,(H2,16,19). The van der Waals surface area contributed by atoms with Gasteiger partial charge in [0.2, 0.25) is 0 Å². The number of benzene rings is 1. The lowest BCUT2D eigenvalue weighted by atomic mass is 10.1. The van der Waals surface area contributed by atoms with E-state index in [0.29, 0.717) is 11.6 Å². The summed E-state index contributed by atoms with van der Waals surface area (Å²) in [5.41, 5.74) is 9.63. The van der Waals surface area contributed by atoms with Gasteiger partial charge in [0, 0.05) is 23.5 Å².